The largest absolute Gasteiger partial charge is 0.487 e. The van der Waals surface area contributed by atoms with E-state index in [-0.39, 0.29) is 6.10 Å². The fourth-order valence-corrected chi connectivity index (χ4v) is 2.46. The van der Waals surface area contributed by atoms with Crippen molar-refractivity contribution in [3.05, 3.63) is 41.7 Å². The van der Waals surface area contributed by atoms with Crippen molar-refractivity contribution < 1.29 is 9.84 Å². The molecule has 0 spiro atoms. The van der Waals surface area contributed by atoms with Crippen LogP contribution >= 0.6 is 0 Å². The fourth-order valence-electron chi connectivity index (χ4n) is 2.46. The number of aryl methyl sites for hydroxylation is 1. The lowest BCUT2D eigenvalue weighted by Crippen LogP contribution is -2.25. The monoisotopic (exact) mass is 259 g/mol. The van der Waals surface area contributed by atoms with Crippen molar-refractivity contribution in [2.24, 2.45) is 0 Å². The van der Waals surface area contributed by atoms with Crippen molar-refractivity contribution in [1.29, 1.82) is 0 Å². The molecule has 0 fully saturated rings. The second kappa shape index (κ2) is 5.01. The molecule has 19 heavy (non-hydrogen) atoms. The highest BCUT2D eigenvalue weighted by Gasteiger charge is 2.32. The van der Waals surface area contributed by atoms with Gasteiger partial charge in [0.2, 0.25) is 0 Å². The lowest BCUT2D eigenvalue weighted by Gasteiger charge is -2.18. The molecule has 1 aromatic carbocycles. The van der Waals surface area contributed by atoms with E-state index < -0.39 is 6.10 Å². The number of rotatable bonds is 4. The van der Waals surface area contributed by atoms with Gasteiger partial charge in [-0.05, 0) is 18.1 Å². The van der Waals surface area contributed by atoms with Gasteiger partial charge in [0.05, 0.1) is 11.9 Å². The van der Waals surface area contributed by atoms with Gasteiger partial charge < -0.3 is 9.84 Å². The maximum absolute atomic E-state index is 10.5. The first-order chi connectivity index (χ1) is 9.29. The van der Waals surface area contributed by atoms with Crippen LogP contribution in [0.25, 0.3) is 0 Å². The van der Waals surface area contributed by atoms with Crippen LogP contribution < -0.4 is 4.74 Å². The van der Waals surface area contributed by atoms with E-state index in [0.29, 0.717) is 6.42 Å². The topological polar surface area (TPSA) is 60.2 Å². The van der Waals surface area contributed by atoms with Crippen LogP contribution in [0.15, 0.2) is 30.5 Å². The van der Waals surface area contributed by atoms with Crippen molar-refractivity contribution in [3.63, 3.8) is 0 Å². The zero-order valence-electron chi connectivity index (χ0n) is 10.9. The number of hydrogen-bond acceptors (Lipinski definition) is 4. The van der Waals surface area contributed by atoms with Crippen molar-refractivity contribution in [3.8, 4) is 5.75 Å². The molecule has 0 radical (unpaired) electrons. The van der Waals surface area contributed by atoms with Gasteiger partial charge in [0.15, 0.2) is 0 Å². The summed E-state index contributed by atoms with van der Waals surface area (Å²) in [6, 6.07) is 7.89. The predicted molar refractivity (Wildman–Crippen MR) is 69.8 cm³/mol. The Hall–Kier alpha value is -1.88. The number of para-hydroxylation sites is 1. The number of aromatic nitrogens is 3. The predicted octanol–water partition coefficient (Wildman–Crippen LogP) is 1.73. The van der Waals surface area contributed by atoms with Crippen LogP contribution in [-0.2, 0) is 13.0 Å². The highest BCUT2D eigenvalue weighted by atomic mass is 16.5. The molecular formula is C14H17N3O2. The van der Waals surface area contributed by atoms with E-state index in [1.807, 2.05) is 24.3 Å². The summed E-state index contributed by atoms with van der Waals surface area (Å²) in [4.78, 5) is 0. The van der Waals surface area contributed by atoms with E-state index >= 15 is 0 Å². The van der Waals surface area contributed by atoms with Crippen molar-refractivity contribution in [2.45, 2.75) is 38.5 Å². The van der Waals surface area contributed by atoms with Crippen LogP contribution in [0.4, 0.5) is 0 Å². The Morgan fingerprint density at radius 1 is 1.47 bits per heavy atom. The molecule has 0 saturated carbocycles. The number of aliphatic hydroxyl groups is 1. The third-order valence-electron chi connectivity index (χ3n) is 3.41. The quantitative estimate of drug-likeness (QED) is 0.908. The number of aliphatic hydroxyl groups excluding tert-OH is 1. The Morgan fingerprint density at radius 3 is 3.11 bits per heavy atom. The van der Waals surface area contributed by atoms with Crippen LogP contribution in [0.3, 0.4) is 0 Å². The molecule has 5 heteroatoms. The second-order valence-corrected chi connectivity index (χ2v) is 4.80. The van der Waals surface area contributed by atoms with Gasteiger partial charge in [0.1, 0.15) is 18.0 Å². The average Bonchev–Trinajstić information content (AvgIpc) is 3.04. The Labute approximate surface area is 111 Å². The number of benzene rings is 1. The molecule has 3 rings (SSSR count). The minimum atomic E-state index is -0.700. The summed E-state index contributed by atoms with van der Waals surface area (Å²) in [5, 5.41) is 18.3. The fraction of sp³-hybridized carbons (Fsp3) is 0.429. The zero-order valence-corrected chi connectivity index (χ0v) is 10.9. The van der Waals surface area contributed by atoms with Crippen molar-refractivity contribution in [2.75, 3.05) is 0 Å². The van der Waals surface area contributed by atoms with Gasteiger partial charge in [-0.15, -0.1) is 5.10 Å². The Bertz CT molecular complexity index is 542. The van der Waals surface area contributed by atoms with E-state index in [1.54, 1.807) is 10.9 Å². The van der Waals surface area contributed by atoms with Crippen LogP contribution in [-0.4, -0.2) is 26.2 Å². The molecule has 0 saturated heterocycles. The zero-order chi connectivity index (χ0) is 13.2. The summed E-state index contributed by atoms with van der Waals surface area (Å²) in [6.07, 6.45) is 2.33. The number of ether oxygens (including phenoxy) is 1. The first kappa shape index (κ1) is 12.2. The van der Waals surface area contributed by atoms with Crippen LogP contribution in [0.5, 0.6) is 5.75 Å². The first-order valence-electron chi connectivity index (χ1n) is 6.60. The molecule has 2 heterocycles. The second-order valence-electron chi connectivity index (χ2n) is 4.80. The molecule has 5 nitrogen and oxygen atoms in total. The summed E-state index contributed by atoms with van der Waals surface area (Å²) in [5.74, 6) is 0.862. The molecule has 1 aliphatic rings. The van der Waals surface area contributed by atoms with Gasteiger partial charge in [0, 0.05) is 13.0 Å². The minimum absolute atomic E-state index is 0.258. The molecule has 1 aromatic heterocycles. The lowest BCUT2D eigenvalue weighted by molar-refractivity contribution is 0.0428. The summed E-state index contributed by atoms with van der Waals surface area (Å²) in [7, 11) is 0. The smallest absolute Gasteiger partial charge is 0.134 e. The van der Waals surface area contributed by atoms with Gasteiger partial charge in [-0.3, -0.25) is 0 Å². The molecule has 0 amide bonds. The number of nitrogens with zero attached hydrogens (tertiary/aromatic N) is 3. The molecule has 2 atom stereocenters. The highest BCUT2D eigenvalue weighted by Crippen LogP contribution is 2.33. The van der Waals surface area contributed by atoms with E-state index in [2.05, 4.69) is 17.2 Å². The Kier molecular flexibility index (Phi) is 3.21. The Balaban J connectivity index is 1.79. The molecule has 100 valence electrons. The van der Waals surface area contributed by atoms with Gasteiger partial charge in [-0.2, -0.15) is 0 Å². The lowest BCUT2D eigenvalue weighted by atomic mass is 10.0. The van der Waals surface area contributed by atoms with Crippen molar-refractivity contribution >= 4 is 0 Å². The highest BCUT2D eigenvalue weighted by molar-refractivity contribution is 5.37. The maximum Gasteiger partial charge on any atom is 0.134 e. The third kappa shape index (κ3) is 2.21. The first-order valence-corrected chi connectivity index (χ1v) is 6.60. The third-order valence-corrected chi connectivity index (χ3v) is 3.41. The van der Waals surface area contributed by atoms with Crippen LogP contribution in [0, 0.1) is 0 Å². The summed E-state index contributed by atoms with van der Waals surface area (Å²) < 4.78 is 7.55. The summed E-state index contributed by atoms with van der Waals surface area (Å²) >= 11 is 0. The number of hydrogen-bond donors (Lipinski definition) is 1. The van der Waals surface area contributed by atoms with E-state index in [4.69, 9.17) is 4.74 Å². The molecular weight excluding hydrogens is 242 g/mol. The van der Waals surface area contributed by atoms with Crippen LogP contribution in [0.1, 0.15) is 30.7 Å². The molecule has 1 aliphatic heterocycles. The van der Waals surface area contributed by atoms with E-state index in [9.17, 15) is 5.11 Å². The summed E-state index contributed by atoms with van der Waals surface area (Å²) in [6.45, 7) is 2.83. The summed E-state index contributed by atoms with van der Waals surface area (Å²) in [5.41, 5.74) is 1.86. The van der Waals surface area contributed by atoms with Gasteiger partial charge in [-0.25, -0.2) is 4.68 Å². The van der Waals surface area contributed by atoms with E-state index in [1.165, 1.54) is 0 Å². The minimum Gasteiger partial charge on any atom is -0.487 e. The van der Waals surface area contributed by atoms with Crippen LogP contribution in [0.2, 0.25) is 0 Å². The molecule has 1 N–H and O–H groups in total. The Morgan fingerprint density at radius 2 is 2.32 bits per heavy atom. The molecule has 0 aliphatic carbocycles. The average molecular weight is 259 g/mol. The normalized spacial score (nSPS) is 18.9. The van der Waals surface area contributed by atoms with Gasteiger partial charge in [0.25, 0.3) is 0 Å². The molecule has 0 bridgehead atoms. The van der Waals surface area contributed by atoms with Crippen molar-refractivity contribution in [1.82, 2.24) is 15.0 Å². The molecule has 2 aromatic rings. The molecule has 2 unspecified atom stereocenters. The van der Waals surface area contributed by atoms with Gasteiger partial charge >= 0.3 is 0 Å². The number of fused-ring (bicyclic) bond motifs is 1. The standard InChI is InChI=1S/C14H17N3O2/c1-2-7-17-11(9-15-16-17)14(18)13-8-10-5-3-4-6-12(10)19-13/h3-6,9,13-14,18H,2,7-8H2,1H3. The SMILES string of the molecule is CCCn1nncc1C(O)C1Cc2ccccc2O1. The van der Waals surface area contributed by atoms with Gasteiger partial charge in [-0.1, -0.05) is 30.3 Å². The van der Waals surface area contributed by atoms with E-state index in [0.717, 1.165) is 30.0 Å². The maximum atomic E-state index is 10.5.